The van der Waals surface area contributed by atoms with Crippen LogP contribution in [0.25, 0.3) is 0 Å². The normalized spacial score (nSPS) is 33.9. The average molecular weight is 266 g/mol. The SMILES string of the molecule is CCC1(CN2C(=O)C(C)(CC)NC(=O)C2C)CCC1. The minimum Gasteiger partial charge on any atom is -0.340 e. The van der Waals surface area contributed by atoms with Crippen molar-refractivity contribution in [1.29, 1.82) is 0 Å². The summed E-state index contributed by atoms with van der Waals surface area (Å²) < 4.78 is 0. The van der Waals surface area contributed by atoms with Crippen LogP contribution < -0.4 is 5.32 Å². The fourth-order valence-corrected chi connectivity index (χ4v) is 3.17. The van der Waals surface area contributed by atoms with E-state index in [1.54, 1.807) is 0 Å². The van der Waals surface area contributed by atoms with Gasteiger partial charge in [-0.1, -0.05) is 20.3 Å². The van der Waals surface area contributed by atoms with Gasteiger partial charge in [-0.15, -0.1) is 0 Å². The van der Waals surface area contributed by atoms with Crippen LogP contribution in [0.2, 0.25) is 0 Å². The maximum atomic E-state index is 12.7. The molecule has 4 heteroatoms. The zero-order valence-electron chi connectivity index (χ0n) is 12.6. The van der Waals surface area contributed by atoms with Crippen LogP contribution in [0.15, 0.2) is 0 Å². The summed E-state index contributed by atoms with van der Waals surface area (Å²) in [5, 5.41) is 2.88. The number of rotatable bonds is 4. The maximum absolute atomic E-state index is 12.7. The topological polar surface area (TPSA) is 49.4 Å². The van der Waals surface area contributed by atoms with Crippen molar-refractivity contribution < 1.29 is 9.59 Å². The van der Waals surface area contributed by atoms with Gasteiger partial charge in [-0.2, -0.15) is 0 Å². The summed E-state index contributed by atoms with van der Waals surface area (Å²) in [6, 6.07) is -0.337. The third-order valence-corrected chi connectivity index (χ3v) is 5.36. The van der Waals surface area contributed by atoms with Gasteiger partial charge < -0.3 is 10.2 Å². The van der Waals surface area contributed by atoms with E-state index in [0.29, 0.717) is 6.42 Å². The van der Waals surface area contributed by atoms with Gasteiger partial charge in [0, 0.05) is 6.54 Å². The van der Waals surface area contributed by atoms with Crippen LogP contribution in [0.5, 0.6) is 0 Å². The molecule has 1 heterocycles. The summed E-state index contributed by atoms with van der Waals surface area (Å²) in [6.07, 6.45) is 5.35. The fraction of sp³-hybridized carbons (Fsp3) is 0.867. The highest BCUT2D eigenvalue weighted by Gasteiger charge is 2.48. The van der Waals surface area contributed by atoms with Crippen LogP contribution in [0.3, 0.4) is 0 Å². The Morgan fingerprint density at radius 3 is 2.32 bits per heavy atom. The molecule has 0 aromatic carbocycles. The summed E-state index contributed by atoms with van der Waals surface area (Å²) in [6.45, 7) is 8.56. The molecule has 2 fully saturated rings. The van der Waals surface area contributed by atoms with E-state index in [2.05, 4.69) is 12.2 Å². The first kappa shape index (κ1) is 14.4. The van der Waals surface area contributed by atoms with Crippen LogP contribution in [0.4, 0.5) is 0 Å². The number of amides is 2. The summed E-state index contributed by atoms with van der Waals surface area (Å²) >= 11 is 0. The first-order valence-electron chi connectivity index (χ1n) is 7.50. The lowest BCUT2D eigenvalue weighted by atomic mass is 9.66. The minimum atomic E-state index is -0.720. The molecule has 2 aliphatic rings. The third kappa shape index (κ3) is 2.26. The van der Waals surface area contributed by atoms with E-state index in [1.165, 1.54) is 19.3 Å². The molecule has 19 heavy (non-hydrogen) atoms. The van der Waals surface area contributed by atoms with Gasteiger partial charge in [0.1, 0.15) is 11.6 Å². The van der Waals surface area contributed by atoms with Crippen LogP contribution in [0.1, 0.15) is 59.8 Å². The van der Waals surface area contributed by atoms with E-state index in [4.69, 9.17) is 0 Å². The highest BCUT2D eigenvalue weighted by Crippen LogP contribution is 2.45. The number of carbonyl (C=O) groups excluding carboxylic acids is 2. The zero-order chi connectivity index (χ0) is 14.3. The molecule has 0 spiro atoms. The van der Waals surface area contributed by atoms with Crippen molar-refractivity contribution in [2.75, 3.05) is 6.54 Å². The van der Waals surface area contributed by atoms with E-state index >= 15 is 0 Å². The Labute approximate surface area is 115 Å². The summed E-state index contributed by atoms with van der Waals surface area (Å²) in [4.78, 5) is 26.6. The Balaban J connectivity index is 2.21. The average Bonchev–Trinajstić information content (AvgIpc) is 2.35. The second kappa shape index (κ2) is 4.80. The number of nitrogens with zero attached hydrogens (tertiary/aromatic N) is 1. The quantitative estimate of drug-likeness (QED) is 0.847. The molecule has 1 aliphatic heterocycles. The van der Waals surface area contributed by atoms with Crippen molar-refractivity contribution in [3.63, 3.8) is 0 Å². The number of hydrogen-bond donors (Lipinski definition) is 1. The molecular formula is C15H26N2O2. The second-order valence-corrected chi connectivity index (χ2v) is 6.49. The molecule has 0 bridgehead atoms. The van der Waals surface area contributed by atoms with Crippen LogP contribution in [0, 0.1) is 5.41 Å². The number of hydrogen-bond acceptors (Lipinski definition) is 2. The van der Waals surface area contributed by atoms with Crippen molar-refractivity contribution in [1.82, 2.24) is 10.2 Å². The molecule has 0 aromatic rings. The lowest BCUT2D eigenvalue weighted by molar-refractivity contribution is -0.156. The van der Waals surface area contributed by atoms with Crippen LogP contribution >= 0.6 is 0 Å². The Morgan fingerprint density at radius 2 is 1.89 bits per heavy atom. The van der Waals surface area contributed by atoms with Crippen molar-refractivity contribution in [3.8, 4) is 0 Å². The number of carbonyl (C=O) groups is 2. The van der Waals surface area contributed by atoms with E-state index in [0.717, 1.165) is 13.0 Å². The van der Waals surface area contributed by atoms with Gasteiger partial charge in [0.25, 0.3) is 0 Å². The predicted molar refractivity (Wildman–Crippen MR) is 74.6 cm³/mol. The molecule has 0 aromatic heterocycles. The summed E-state index contributed by atoms with van der Waals surface area (Å²) in [5.41, 5.74) is -0.460. The predicted octanol–water partition coefficient (Wildman–Crippen LogP) is 2.08. The first-order chi connectivity index (χ1) is 8.87. The van der Waals surface area contributed by atoms with E-state index < -0.39 is 5.54 Å². The van der Waals surface area contributed by atoms with Gasteiger partial charge in [0.15, 0.2) is 0 Å². The van der Waals surface area contributed by atoms with Gasteiger partial charge in [-0.3, -0.25) is 9.59 Å². The maximum Gasteiger partial charge on any atom is 0.248 e. The molecule has 2 amide bonds. The van der Waals surface area contributed by atoms with Crippen molar-refractivity contribution in [2.24, 2.45) is 5.41 Å². The summed E-state index contributed by atoms with van der Waals surface area (Å²) in [7, 11) is 0. The first-order valence-corrected chi connectivity index (χ1v) is 7.50. The van der Waals surface area contributed by atoms with E-state index in [-0.39, 0.29) is 23.3 Å². The molecular weight excluding hydrogens is 240 g/mol. The molecule has 0 radical (unpaired) electrons. The van der Waals surface area contributed by atoms with Crippen molar-refractivity contribution >= 4 is 11.8 Å². The standard InChI is InChI=1S/C15H26N2O2/c1-5-14(4)13(19)17(11(3)12(18)16-14)10-15(6-2)8-7-9-15/h11H,5-10H2,1-4H3,(H,16,18). The molecule has 4 nitrogen and oxygen atoms in total. The van der Waals surface area contributed by atoms with Gasteiger partial charge in [0.2, 0.25) is 11.8 Å². The second-order valence-electron chi connectivity index (χ2n) is 6.49. The molecule has 1 saturated heterocycles. The lowest BCUT2D eigenvalue weighted by Gasteiger charge is -2.50. The lowest BCUT2D eigenvalue weighted by Crippen LogP contribution is -2.69. The Kier molecular flexibility index (Phi) is 3.63. The summed E-state index contributed by atoms with van der Waals surface area (Å²) in [5.74, 6) is 0.0661. The third-order valence-electron chi connectivity index (χ3n) is 5.36. The van der Waals surface area contributed by atoms with Gasteiger partial charge in [-0.05, 0) is 44.9 Å². The monoisotopic (exact) mass is 266 g/mol. The van der Waals surface area contributed by atoms with Gasteiger partial charge in [-0.25, -0.2) is 0 Å². The molecule has 108 valence electrons. The largest absolute Gasteiger partial charge is 0.340 e. The molecule has 1 aliphatic carbocycles. The Hall–Kier alpha value is -1.06. The van der Waals surface area contributed by atoms with E-state index in [9.17, 15) is 9.59 Å². The molecule has 1 N–H and O–H groups in total. The van der Waals surface area contributed by atoms with Crippen molar-refractivity contribution in [2.45, 2.75) is 71.4 Å². The molecule has 2 rings (SSSR count). The fourth-order valence-electron chi connectivity index (χ4n) is 3.17. The highest BCUT2D eigenvalue weighted by molar-refractivity contribution is 5.99. The Bertz CT molecular complexity index is 384. The highest BCUT2D eigenvalue weighted by atomic mass is 16.2. The number of piperazine rings is 1. The smallest absolute Gasteiger partial charge is 0.248 e. The van der Waals surface area contributed by atoms with Gasteiger partial charge in [0.05, 0.1) is 0 Å². The van der Waals surface area contributed by atoms with E-state index in [1.807, 2.05) is 25.7 Å². The number of nitrogens with one attached hydrogen (secondary N) is 1. The molecule has 2 unspecified atom stereocenters. The zero-order valence-corrected chi connectivity index (χ0v) is 12.6. The van der Waals surface area contributed by atoms with Crippen LogP contribution in [-0.4, -0.2) is 34.8 Å². The van der Waals surface area contributed by atoms with Crippen LogP contribution in [-0.2, 0) is 9.59 Å². The van der Waals surface area contributed by atoms with Crippen molar-refractivity contribution in [3.05, 3.63) is 0 Å². The Morgan fingerprint density at radius 1 is 1.26 bits per heavy atom. The molecule has 2 atom stereocenters. The van der Waals surface area contributed by atoms with Gasteiger partial charge >= 0.3 is 0 Å². The minimum absolute atomic E-state index is 0.0190. The molecule has 1 saturated carbocycles.